The average Bonchev–Trinajstić information content (AvgIpc) is 2.47. The zero-order valence-corrected chi connectivity index (χ0v) is 13.2. The summed E-state index contributed by atoms with van der Waals surface area (Å²) >= 11 is 3.35. The highest BCUT2D eigenvalue weighted by atomic mass is 79.9. The normalized spacial score (nSPS) is 18.4. The molecule has 0 bridgehead atoms. The van der Waals surface area contributed by atoms with Crippen molar-refractivity contribution < 1.29 is 19.4 Å². The van der Waals surface area contributed by atoms with Crippen LogP contribution in [0.25, 0.3) is 0 Å². The van der Waals surface area contributed by atoms with Crippen LogP contribution in [0.2, 0.25) is 0 Å². The Morgan fingerprint density at radius 3 is 2.95 bits per heavy atom. The predicted octanol–water partition coefficient (Wildman–Crippen LogP) is 1.49. The van der Waals surface area contributed by atoms with E-state index in [1.807, 2.05) is 6.92 Å². The van der Waals surface area contributed by atoms with Crippen LogP contribution in [0.15, 0.2) is 22.7 Å². The Labute approximate surface area is 131 Å². The number of morpholine rings is 1. The highest BCUT2D eigenvalue weighted by Gasteiger charge is 2.31. The molecule has 0 radical (unpaired) electrons. The minimum absolute atomic E-state index is 0.159. The number of carbonyl (C=O) groups excluding carboxylic acids is 1. The van der Waals surface area contributed by atoms with Crippen LogP contribution in [-0.2, 0) is 9.53 Å². The summed E-state index contributed by atoms with van der Waals surface area (Å²) in [5.41, 5.74) is 0.700. The van der Waals surface area contributed by atoms with Gasteiger partial charge in [-0.25, -0.2) is 4.79 Å². The summed E-state index contributed by atoms with van der Waals surface area (Å²) in [6.45, 7) is 3.54. The standard InChI is InChI=1S/C14H17BrN2O4/c1-2-16-13(18)12-8-21-6-5-17(12)11-7-9(15)3-4-10(11)14(19)20/h3-4,7,12H,2,5-6,8H2,1H3,(H,16,18)(H,19,20). The molecule has 0 saturated carbocycles. The lowest BCUT2D eigenvalue weighted by molar-refractivity contribution is -0.124. The van der Waals surface area contributed by atoms with E-state index in [1.54, 1.807) is 17.0 Å². The average molecular weight is 357 g/mol. The van der Waals surface area contributed by atoms with Crippen molar-refractivity contribution in [1.29, 1.82) is 0 Å². The van der Waals surface area contributed by atoms with Gasteiger partial charge in [-0.1, -0.05) is 15.9 Å². The van der Waals surface area contributed by atoms with Crippen molar-refractivity contribution in [3.63, 3.8) is 0 Å². The van der Waals surface area contributed by atoms with E-state index in [9.17, 15) is 14.7 Å². The van der Waals surface area contributed by atoms with Gasteiger partial charge in [-0.15, -0.1) is 0 Å². The van der Waals surface area contributed by atoms with Gasteiger partial charge in [0.2, 0.25) is 5.91 Å². The Bertz CT molecular complexity index is 550. The minimum Gasteiger partial charge on any atom is -0.478 e. The molecule has 1 aliphatic rings. The second-order valence-electron chi connectivity index (χ2n) is 4.65. The highest BCUT2D eigenvalue weighted by Crippen LogP contribution is 2.28. The van der Waals surface area contributed by atoms with E-state index < -0.39 is 12.0 Å². The van der Waals surface area contributed by atoms with Gasteiger partial charge in [-0.3, -0.25) is 4.79 Å². The van der Waals surface area contributed by atoms with Gasteiger partial charge in [0, 0.05) is 17.6 Å². The molecular weight excluding hydrogens is 340 g/mol. The number of hydrogen-bond acceptors (Lipinski definition) is 4. The van der Waals surface area contributed by atoms with E-state index in [-0.39, 0.29) is 18.1 Å². The van der Waals surface area contributed by atoms with Gasteiger partial charge in [-0.2, -0.15) is 0 Å². The summed E-state index contributed by atoms with van der Waals surface area (Å²) < 4.78 is 6.14. The molecule has 1 atom stereocenters. The molecule has 1 fully saturated rings. The third-order valence-electron chi connectivity index (χ3n) is 3.28. The summed E-state index contributed by atoms with van der Waals surface area (Å²) in [4.78, 5) is 25.4. The van der Waals surface area contributed by atoms with Gasteiger partial charge in [0.1, 0.15) is 6.04 Å². The lowest BCUT2D eigenvalue weighted by Gasteiger charge is -2.37. The molecule has 1 heterocycles. The molecule has 1 amide bonds. The number of ether oxygens (including phenoxy) is 1. The lowest BCUT2D eigenvalue weighted by Crippen LogP contribution is -2.54. The number of nitrogens with zero attached hydrogens (tertiary/aromatic N) is 1. The van der Waals surface area contributed by atoms with Gasteiger partial charge in [-0.05, 0) is 25.1 Å². The van der Waals surface area contributed by atoms with Crippen LogP contribution in [-0.4, -0.2) is 49.3 Å². The molecular formula is C14H17BrN2O4. The Hall–Kier alpha value is -1.60. The molecule has 21 heavy (non-hydrogen) atoms. The van der Waals surface area contributed by atoms with Crippen molar-refractivity contribution in [3.8, 4) is 0 Å². The van der Waals surface area contributed by atoms with E-state index in [1.165, 1.54) is 6.07 Å². The Kier molecular flexibility index (Phi) is 5.19. The first-order valence-corrected chi connectivity index (χ1v) is 7.48. The first kappa shape index (κ1) is 15.8. The molecule has 0 spiro atoms. The molecule has 1 aromatic carbocycles. The van der Waals surface area contributed by atoms with Gasteiger partial charge < -0.3 is 20.1 Å². The summed E-state index contributed by atoms with van der Waals surface area (Å²) in [6, 6.07) is 4.41. The summed E-state index contributed by atoms with van der Waals surface area (Å²) in [6.07, 6.45) is 0. The fourth-order valence-corrected chi connectivity index (χ4v) is 2.67. The quantitative estimate of drug-likeness (QED) is 0.854. The Morgan fingerprint density at radius 1 is 1.52 bits per heavy atom. The second-order valence-corrected chi connectivity index (χ2v) is 5.56. The van der Waals surface area contributed by atoms with E-state index >= 15 is 0 Å². The highest BCUT2D eigenvalue weighted by molar-refractivity contribution is 9.10. The molecule has 7 heteroatoms. The maximum Gasteiger partial charge on any atom is 0.337 e. The SMILES string of the molecule is CCNC(=O)C1COCCN1c1cc(Br)ccc1C(=O)O. The number of hydrogen-bond donors (Lipinski definition) is 2. The van der Waals surface area contributed by atoms with Crippen LogP contribution in [0.3, 0.4) is 0 Å². The largest absolute Gasteiger partial charge is 0.478 e. The third kappa shape index (κ3) is 3.54. The molecule has 0 aliphatic carbocycles. The van der Waals surface area contributed by atoms with Crippen molar-refractivity contribution in [2.75, 3.05) is 31.2 Å². The zero-order chi connectivity index (χ0) is 15.4. The van der Waals surface area contributed by atoms with E-state index in [4.69, 9.17) is 4.74 Å². The molecule has 2 N–H and O–H groups in total. The molecule has 1 saturated heterocycles. The number of anilines is 1. The second kappa shape index (κ2) is 6.91. The van der Waals surface area contributed by atoms with Gasteiger partial charge >= 0.3 is 5.97 Å². The van der Waals surface area contributed by atoms with Crippen LogP contribution in [0.4, 0.5) is 5.69 Å². The van der Waals surface area contributed by atoms with E-state index in [0.717, 1.165) is 4.47 Å². The smallest absolute Gasteiger partial charge is 0.337 e. The minimum atomic E-state index is -1.02. The van der Waals surface area contributed by atoms with E-state index in [2.05, 4.69) is 21.2 Å². The van der Waals surface area contributed by atoms with Crippen LogP contribution in [0.5, 0.6) is 0 Å². The molecule has 1 aromatic rings. The summed E-state index contributed by atoms with van der Waals surface area (Å²) in [5, 5.41) is 12.1. The number of nitrogens with one attached hydrogen (secondary N) is 1. The molecule has 2 rings (SSSR count). The number of benzene rings is 1. The zero-order valence-electron chi connectivity index (χ0n) is 11.6. The molecule has 6 nitrogen and oxygen atoms in total. The maximum atomic E-state index is 12.2. The molecule has 1 unspecified atom stereocenters. The number of carboxylic acids is 1. The first-order chi connectivity index (χ1) is 10.0. The van der Waals surface area contributed by atoms with Crippen LogP contribution < -0.4 is 10.2 Å². The fourth-order valence-electron chi connectivity index (χ4n) is 2.32. The number of rotatable bonds is 4. The van der Waals surface area contributed by atoms with Crippen molar-refractivity contribution in [2.45, 2.75) is 13.0 Å². The fraction of sp³-hybridized carbons (Fsp3) is 0.429. The number of halogens is 1. The van der Waals surface area contributed by atoms with Crippen molar-refractivity contribution in [1.82, 2.24) is 5.32 Å². The summed E-state index contributed by atoms with van der Waals surface area (Å²) in [7, 11) is 0. The topological polar surface area (TPSA) is 78.9 Å². The number of carboxylic acid groups (broad SMARTS) is 1. The summed E-state index contributed by atoms with van der Waals surface area (Å²) in [5.74, 6) is -1.17. The molecule has 114 valence electrons. The van der Waals surface area contributed by atoms with Gasteiger partial charge in [0.25, 0.3) is 0 Å². The monoisotopic (exact) mass is 356 g/mol. The maximum absolute atomic E-state index is 12.2. The lowest BCUT2D eigenvalue weighted by atomic mass is 10.1. The van der Waals surface area contributed by atoms with Crippen molar-refractivity contribution >= 4 is 33.5 Å². The molecule has 1 aliphatic heterocycles. The van der Waals surface area contributed by atoms with Crippen LogP contribution in [0.1, 0.15) is 17.3 Å². The van der Waals surface area contributed by atoms with Crippen molar-refractivity contribution in [3.05, 3.63) is 28.2 Å². The van der Waals surface area contributed by atoms with Gasteiger partial charge in [0.15, 0.2) is 0 Å². The predicted molar refractivity (Wildman–Crippen MR) is 81.7 cm³/mol. The number of amides is 1. The number of carbonyl (C=O) groups is 2. The van der Waals surface area contributed by atoms with E-state index in [0.29, 0.717) is 25.4 Å². The first-order valence-electron chi connectivity index (χ1n) is 6.69. The third-order valence-corrected chi connectivity index (χ3v) is 3.77. The van der Waals surface area contributed by atoms with Gasteiger partial charge in [0.05, 0.1) is 24.5 Å². The van der Waals surface area contributed by atoms with Crippen LogP contribution in [0, 0.1) is 0 Å². The number of aromatic carboxylic acids is 1. The van der Waals surface area contributed by atoms with Crippen LogP contribution >= 0.6 is 15.9 Å². The molecule has 0 aromatic heterocycles. The Balaban J connectivity index is 2.39. The Morgan fingerprint density at radius 2 is 2.29 bits per heavy atom. The van der Waals surface area contributed by atoms with Crippen molar-refractivity contribution in [2.24, 2.45) is 0 Å². The number of likely N-dealkylation sites (N-methyl/N-ethyl adjacent to an activating group) is 1.